The summed E-state index contributed by atoms with van der Waals surface area (Å²) in [5.74, 6) is -15.7. The molecular weight excluding hydrogens is 2020 g/mol. The number of carbonyl (C=O) groups is 9. The van der Waals surface area contributed by atoms with Gasteiger partial charge < -0.3 is 71.1 Å². The third-order valence-corrected chi connectivity index (χ3v) is 21.5. The third-order valence-electron chi connectivity index (χ3n) is 19.2. The maximum absolute atomic E-state index is 14.1. The molecule has 0 amide bonds. The second-order valence-electron chi connectivity index (χ2n) is 29.8. The zero-order chi connectivity index (χ0) is 114. The van der Waals surface area contributed by atoms with Crippen molar-refractivity contribution in [2.75, 3.05) is 14.2 Å². The van der Waals surface area contributed by atoms with Crippen LogP contribution in [-0.4, -0.2) is 146 Å². The van der Waals surface area contributed by atoms with Gasteiger partial charge in [0.05, 0.1) is 17.0 Å². The van der Waals surface area contributed by atoms with E-state index < -0.39 is 141 Å². The van der Waals surface area contributed by atoms with Gasteiger partial charge in [-0.15, -0.1) is 11.6 Å². The van der Waals surface area contributed by atoms with Gasteiger partial charge in [0.2, 0.25) is 47.2 Å². The van der Waals surface area contributed by atoms with E-state index >= 15 is 0 Å². The second kappa shape index (κ2) is 68.5. The van der Waals surface area contributed by atoms with Gasteiger partial charge in [-0.3, -0.25) is 28.8 Å². The van der Waals surface area contributed by atoms with Crippen molar-refractivity contribution in [1.82, 2.24) is 9.78 Å². The molecule has 39 heteroatoms. The average Bonchev–Trinajstić information content (AvgIpc) is 1.58. The summed E-state index contributed by atoms with van der Waals surface area (Å²) in [6.45, 7) is 0.0670. The predicted octanol–water partition coefficient (Wildman–Crippen LogP) is 17.1. The summed E-state index contributed by atoms with van der Waals surface area (Å²) in [5, 5.41) is 45.5. The summed E-state index contributed by atoms with van der Waals surface area (Å²) >= 11 is 16.8. The van der Waals surface area contributed by atoms with Crippen molar-refractivity contribution in [3.05, 3.63) is 448 Å². The molecule has 147 heavy (non-hydrogen) atoms. The van der Waals surface area contributed by atoms with E-state index in [0.29, 0.717) is 70.2 Å². The number of aldehydes is 3. The zero-order valence-corrected chi connectivity index (χ0v) is 83.7. The molecule has 0 radical (unpaired) electrons. The normalized spacial score (nSPS) is 14.4. The Morgan fingerprint density at radius 3 is 1.35 bits per heavy atom. The number of benzene rings is 12. The smallest absolute Gasteiger partial charge is 0.746 e. The number of nitrogens with zero attached hydrogens (tertiary/aromatic N) is 3. The first-order valence-electron chi connectivity index (χ1n) is 47.5. The van der Waals surface area contributed by atoms with Crippen molar-refractivity contribution < 1.29 is 185 Å². The number of aryl methyl sites for hydroxylation is 4. The Bertz CT molecular complexity index is 6660. The number of aliphatic hydroxyl groups is 1. The van der Waals surface area contributed by atoms with Crippen LogP contribution in [0.2, 0.25) is 0 Å². The molecule has 0 fully saturated rings. The molecule has 6 N–H and O–H groups in total. The van der Waals surface area contributed by atoms with E-state index in [9.17, 15) is 100 Å². The van der Waals surface area contributed by atoms with Crippen LogP contribution in [0.5, 0.6) is 0 Å². The van der Waals surface area contributed by atoms with Crippen molar-refractivity contribution in [2.45, 2.75) is 117 Å². The number of alkyl halides is 3. The molecule has 0 bridgehead atoms. The molecule has 0 spiro atoms. The summed E-state index contributed by atoms with van der Waals surface area (Å²) in [6, 6.07) is 97.4. The van der Waals surface area contributed by atoms with Crippen molar-refractivity contribution in [1.29, 1.82) is 0 Å². The number of aromatic nitrogens is 3. The summed E-state index contributed by atoms with van der Waals surface area (Å²) < 4.78 is 218. The number of halogens is 12. The zero-order valence-electron chi connectivity index (χ0n) is 86.6. The van der Waals surface area contributed by atoms with Gasteiger partial charge in [0.15, 0.2) is 9.77 Å². The van der Waals surface area contributed by atoms with Crippen molar-refractivity contribution in [3.63, 3.8) is 0 Å². The molecule has 1 aliphatic heterocycles. The minimum atomic E-state index is -6.00. The Morgan fingerprint density at radius 1 is 0.558 bits per heavy atom. The molecule has 12 aromatic carbocycles. The average molecular weight is 2130 g/mol. The summed E-state index contributed by atoms with van der Waals surface area (Å²) in [4.78, 5) is 96.4. The first-order valence-corrected chi connectivity index (χ1v) is 46.0. The molecule has 2 aliphatic rings. The van der Waals surface area contributed by atoms with Crippen LogP contribution in [0.25, 0.3) is 17.8 Å². The minimum absolute atomic E-state index is 0. The van der Waals surface area contributed by atoms with Crippen molar-refractivity contribution >= 4 is 119 Å². The molecule has 1 aliphatic carbocycles. The van der Waals surface area contributed by atoms with Gasteiger partial charge >= 0.3 is 78.5 Å². The van der Waals surface area contributed by atoms with Crippen LogP contribution in [-0.2, 0) is 124 Å². The molecular formula is C108H104BCl3F9N3NaO21S+. The predicted molar refractivity (Wildman–Crippen MR) is 534 cm³/mol. The Labute approximate surface area is 892 Å². The Hall–Kier alpha value is -13.8. The first kappa shape index (κ1) is 112. The van der Waals surface area contributed by atoms with E-state index in [2.05, 4.69) is 14.6 Å². The number of carbonyl (C=O) groups excluding carboxylic acids is 6. The van der Waals surface area contributed by atoms with Crippen LogP contribution in [0.4, 0.5) is 39.2 Å². The SMILES string of the molecule is COC(=O)[C@H]([OH2+])c1ccccc1.F[B-](F)(F)F.Fc1c(F)c(F)c(-n2c[n+]3c(n2)CO[C@H]2Cc4ccccc4C23)c(F)c1F.O=C(O)[C@H](Cl)Cc1ccccc1.O=CCCc1ccccc1.O=S(=O)([O-])C(O)C(Cl)(Cl)Cc1ccccc1.[2H]/C(C=O)=C\c1ccccc1.[2H]/C(C=O)=C\c1ccccc1.[2H]C(Cc1ccccc1)C(=O)O[C@@H](C(=O)OC)c1ccccc1.[2H]C([2H])(Cc1ccccc1)C(=O)O.[2H]C(c1ccccc1)C([2H])([2H])C(=O)O.[Na+]. The minimum Gasteiger partial charge on any atom is -0.746 e. The van der Waals surface area contributed by atoms with Crippen LogP contribution in [0.3, 0.4) is 0 Å². The fourth-order valence-electron chi connectivity index (χ4n) is 12.5. The fraction of sp³-hybridized carbons (Fsp3) is 0.194. The number of esters is 3. The molecule has 24 nitrogen and oxygen atoms in total. The molecule has 13 aromatic rings. The molecule has 8 atom stereocenters. The number of carboxylic acid groups (broad SMARTS) is 3. The van der Waals surface area contributed by atoms with Crippen LogP contribution >= 0.6 is 34.8 Å². The van der Waals surface area contributed by atoms with Crippen molar-refractivity contribution in [3.8, 4) is 5.69 Å². The van der Waals surface area contributed by atoms with E-state index in [4.69, 9.17) is 75.7 Å². The number of allylic oxidation sites excluding steroid dienone is 2. The van der Waals surface area contributed by atoms with Gasteiger partial charge in [-0.1, -0.05) is 368 Å². The van der Waals surface area contributed by atoms with Gasteiger partial charge in [-0.2, -0.15) is 8.78 Å². The van der Waals surface area contributed by atoms with Crippen molar-refractivity contribution in [2.24, 2.45) is 0 Å². The number of ether oxygens (including phenoxy) is 4. The largest absolute Gasteiger partial charge is 1.00 e. The van der Waals surface area contributed by atoms with Crippen LogP contribution in [0.15, 0.2) is 346 Å². The molecule has 1 aromatic heterocycles. The number of methoxy groups -OCH3 is 2. The third kappa shape index (κ3) is 48.8. The quantitative estimate of drug-likeness (QED) is 0.00275. The molecule has 4 unspecified atom stereocenters. The number of aliphatic carboxylic acids is 3. The summed E-state index contributed by atoms with van der Waals surface area (Å²) in [7, 11) is -8.42. The summed E-state index contributed by atoms with van der Waals surface area (Å²) in [5.41, 5.74) is 6.22. The van der Waals surface area contributed by atoms with Crippen LogP contribution in [0.1, 0.15) is 127 Å². The molecule has 0 saturated carbocycles. The van der Waals surface area contributed by atoms with Crippen LogP contribution in [0, 0.1) is 29.1 Å². The molecule has 770 valence electrons. The van der Waals surface area contributed by atoms with E-state index in [1.807, 2.05) is 182 Å². The standard InChI is InChI=1S/C18H11F5N3O.C18H18O4.C9H10Cl2O4S.C9H9ClO2.C9H10O3.2C9H10O2.C9H10O.2C9H8O.BF4.Na/c19-12-13(20)15(22)18(16(23)14(12)21)26-7-25-11(24-26)6-27-10-5-8-3-1-2-4-9(8)17(10)25;1-21-18(20)17(15-10-6-3-7-11-15)22-16(19)13-12-14-8-4-2-5-9-14;10-9(11,8(12)16(13,14)15)6-7-4-2-1-3-5-7;10-8(9(11)12)6-7-4-2-1-3-5-7;1-12-9(11)8(10)7-5-3-2-4-6-7;2*10-9(11)7-6-8-4-2-1-3-5-8;3*10-8-4-7-9-5-2-1-3-6-9;2-1(3,4)5;/h1-4,7,10,17H,5-6H2;2-11,17H,12-13H2,1H3;1-5,8,12H,6H2,(H,13,14,15);1-5,8H,6H2,(H,11,12);2-6,8,10H,1H3;2*1-5H,6-7H2,(H,10,11);1-3,5-6,8H,4,7H2;2*1-8H;;/q+1;;;;;;;;;;-1;+1/b;;;;;;;;2*7-4+;;/t10-,17?;17-;;2*8-;;;;;;;/m01.11......./s1/i;13D;;;;6D,7D2;7D2;;2*4D;;/t;13?,17-;;;;;;;;;;. The number of carboxylic acids is 3. The molecule has 2 heterocycles. The van der Waals surface area contributed by atoms with Gasteiger partial charge in [0, 0.05) is 62.9 Å². The molecule has 15 rings (SSSR count). The van der Waals surface area contributed by atoms with Gasteiger partial charge in [-0.05, 0) is 99.8 Å². The van der Waals surface area contributed by atoms with E-state index in [1.54, 1.807) is 150 Å². The van der Waals surface area contributed by atoms with Gasteiger partial charge in [0.25, 0.3) is 6.10 Å². The number of hydrogen-bond acceptors (Lipinski definition) is 18. The van der Waals surface area contributed by atoms with E-state index in [0.717, 1.165) is 46.1 Å². The Kier molecular flexibility index (Phi) is 52.2. The number of rotatable bonds is 29. The number of hydrogen-bond donors (Lipinski definition) is 4. The van der Waals surface area contributed by atoms with E-state index in [-0.39, 0.29) is 79.7 Å². The fourth-order valence-corrected chi connectivity index (χ4v) is 14.1. The number of aliphatic hydroxyl groups excluding tert-OH is 1. The second-order valence-corrected chi connectivity index (χ2v) is 33.3. The van der Waals surface area contributed by atoms with Crippen LogP contribution < -0.4 is 34.1 Å². The maximum atomic E-state index is 14.1. The van der Waals surface area contributed by atoms with E-state index in [1.165, 1.54) is 38.3 Å². The molecule has 0 saturated heterocycles. The number of fused-ring (bicyclic) bond motifs is 5. The Balaban J connectivity index is 0.000000362. The monoisotopic (exact) mass is 2130 g/mol. The topological polar surface area (TPSA) is 373 Å². The maximum Gasteiger partial charge on any atom is 1.00 e. The Morgan fingerprint density at radius 2 is 0.939 bits per heavy atom. The first-order chi connectivity index (χ1) is 72.8. The summed E-state index contributed by atoms with van der Waals surface area (Å²) in [6.07, 6.45) is -0.694. The van der Waals surface area contributed by atoms with Gasteiger partial charge in [0.1, 0.15) is 53.1 Å². The van der Waals surface area contributed by atoms with Gasteiger partial charge in [-0.25, -0.2) is 35.7 Å².